The van der Waals surface area contributed by atoms with Gasteiger partial charge in [-0.05, 0) is 41.8 Å². The van der Waals surface area contributed by atoms with Crippen molar-refractivity contribution in [3.63, 3.8) is 0 Å². The fourth-order valence-corrected chi connectivity index (χ4v) is 5.84. The van der Waals surface area contributed by atoms with Gasteiger partial charge in [0.05, 0.1) is 36.1 Å². The number of ether oxygens (including phenoxy) is 3. The van der Waals surface area contributed by atoms with Crippen LogP contribution >= 0.6 is 22.9 Å². The molecule has 1 atom stereocenters. The summed E-state index contributed by atoms with van der Waals surface area (Å²) in [6.07, 6.45) is 2.31. The Kier molecular flexibility index (Phi) is 8.19. The molecular formula is C31H27ClN2O5S. The Morgan fingerprint density at radius 1 is 1.05 bits per heavy atom. The number of benzene rings is 3. The van der Waals surface area contributed by atoms with E-state index in [1.165, 1.54) is 18.4 Å². The van der Waals surface area contributed by atoms with Crippen LogP contribution < -0.4 is 24.4 Å². The fourth-order valence-electron chi connectivity index (χ4n) is 4.63. The highest BCUT2D eigenvalue weighted by molar-refractivity contribution is 7.07. The molecule has 0 spiro atoms. The quantitative estimate of drug-likeness (QED) is 0.276. The third kappa shape index (κ3) is 5.33. The van der Waals surface area contributed by atoms with Crippen LogP contribution in [-0.2, 0) is 16.1 Å². The lowest BCUT2D eigenvalue weighted by molar-refractivity contribution is -0.136. The molecule has 0 aliphatic carbocycles. The maximum Gasteiger partial charge on any atom is 0.338 e. The van der Waals surface area contributed by atoms with Crippen molar-refractivity contribution in [2.24, 2.45) is 4.99 Å². The van der Waals surface area contributed by atoms with E-state index in [2.05, 4.69) is 0 Å². The highest BCUT2D eigenvalue weighted by Crippen LogP contribution is 2.32. The van der Waals surface area contributed by atoms with Crippen molar-refractivity contribution in [3.05, 3.63) is 125 Å². The molecule has 204 valence electrons. The van der Waals surface area contributed by atoms with E-state index in [0.29, 0.717) is 43.5 Å². The van der Waals surface area contributed by atoms with Crippen molar-refractivity contribution >= 4 is 35.0 Å². The number of carbonyl (C=O) groups excluding carboxylic acids is 1. The lowest BCUT2D eigenvalue weighted by Crippen LogP contribution is -2.40. The van der Waals surface area contributed by atoms with Gasteiger partial charge in [-0.2, -0.15) is 0 Å². The minimum Gasteiger partial charge on any atom is -0.493 e. The monoisotopic (exact) mass is 574 g/mol. The molecule has 0 unspecified atom stereocenters. The van der Waals surface area contributed by atoms with Crippen LogP contribution in [0.2, 0.25) is 5.02 Å². The highest BCUT2D eigenvalue weighted by atomic mass is 35.5. The van der Waals surface area contributed by atoms with E-state index in [4.69, 9.17) is 30.8 Å². The number of carbonyl (C=O) groups is 1. The minimum absolute atomic E-state index is 0.243. The normalized spacial score (nSPS) is 14.9. The summed E-state index contributed by atoms with van der Waals surface area (Å²) in [7, 11) is 2.90. The Balaban J connectivity index is 1.56. The van der Waals surface area contributed by atoms with E-state index in [1.807, 2.05) is 73.7 Å². The second-order valence-electron chi connectivity index (χ2n) is 8.99. The average Bonchev–Trinajstić information content (AvgIpc) is 3.30. The molecule has 0 bridgehead atoms. The predicted molar refractivity (Wildman–Crippen MR) is 156 cm³/mol. The van der Waals surface area contributed by atoms with E-state index >= 15 is 0 Å². The van der Waals surface area contributed by atoms with Gasteiger partial charge in [0.15, 0.2) is 16.3 Å². The van der Waals surface area contributed by atoms with Crippen LogP contribution in [0.4, 0.5) is 0 Å². The zero-order valence-electron chi connectivity index (χ0n) is 22.2. The molecule has 0 saturated heterocycles. The van der Waals surface area contributed by atoms with Gasteiger partial charge in [0, 0.05) is 10.6 Å². The Labute approximate surface area is 240 Å². The zero-order valence-corrected chi connectivity index (χ0v) is 23.8. The molecule has 1 aliphatic heterocycles. The Morgan fingerprint density at radius 3 is 2.50 bits per heavy atom. The Hall–Kier alpha value is -4.14. The second-order valence-corrected chi connectivity index (χ2v) is 10.4. The molecule has 1 aliphatic rings. The average molecular weight is 575 g/mol. The number of esters is 1. The van der Waals surface area contributed by atoms with Gasteiger partial charge in [-0.25, -0.2) is 9.79 Å². The summed E-state index contributed by atoms with van der Waals surface area (Å²) in [6.45, 7) is 2.22. The van der Waals surface area contributed by atoms with E-state index in [0.717, 1.165) is 16.7 Å². The van der Waals surface area contributed by atoms with E-state index in [-0.39, 0.29) is 12.2 Å². The second kappa shape index (κ2) is 11.9. The maximum atomic E-state index is 13.8. The minimum atomic E-state index is -0.642. The molecule has 9 heteroatoms. The third-order valence-electron chi connectivity index (χ3n) is 6.59. The van der Waals surface area contributed by atoms with E-state index in [1.54, 1.807) is 23.8 Å². The van der Waals surface area contributed by atoms with Crippen LogP contribution in [0.3, 0.4) is 0 Å². The first kappa shape index (κ1) is 27.4. The van der Waals surface area contributed by atoms with E-state index in [9.17, 15) is 9.59 Å². The molecule has 0 fully saturated rings. The molecule has 2 heterocycles. The Bertz CT molecular complexity index is 1780. The molecule has 4 aromatic rings. The molecule has 5 rings (SSSR count). The summed E-state index contributed by atoms with van der Waals surface area (Å²) >= 11 is 7.53. The lowest BCUT2D eigenvalue weighted by Gasteiger charge is -2.25. The van der Waals surface area contributed by atoms with Gasteiger partial charge in [0.25, 0.3) is 5.56 Å². The molecule has 7 nitrogen and oxygen atoms in total. The van der Waals surface area contributed by atoms with Crippen LogP contribution in [-0.4, -0.2) is 24.8 Å². The largest absolute Gasteiger partial charge is 0.493 e. The Morgan fingerprint density at radius 2 is 1.80 bits per heavy atom. The number of methoxy groups -OCH3 is 2. The molecule has 0 amide bonds. The van der Waals surface area contributed by atoms with Crippen molar-refractivity contribution in [1.29, 1.82) is 0 Å². The first-order valence-corrected chi connectivity index (χ1v) is 13.9. The number of fused-ring (bicyclic) bond motifs is 1. The number of halogens is 1. The maximum absolute atomic E-state index is 13.8. The van der Waals surface area contributed by atoms with Crippen LogP contribution in [0.15, 0.2) is 93.9 Å². The van der Waals surface area contributed by atoms with Crippen LogP contribution in [0, 0.1) is 0 Å². The number of rotatable bonds is 8. The summed E-state index contributed by atoms with van der Waals surface area (Å²) in [5, 5.41) is 0.629. The molecule has 40 heavy (non-hydrogen) atoms. The van der Waals surface area contributed by atoms with Gasteiger partial charge in [0.1, 0.15) is 6.61 Å². The summed E-state index contributed by atoms with van der Waals surface area (Å²) in [6, 6.07) is 21.8. The molecule has 0 saturated carbocycles. The number of thiazole rings is 1. The number of aromatic nitrogens is 1. The van der Waals surface area contributed by atoms with Gasteiger partial charge >= 0.3 is 5.97 Å². The van der Waals surface area contributed by atoms with Crippen molar-refractivity contribution in [1.82, 2.24) is 4.57 Å². The molecule has 0 N–H and O–H groups in total. The van der Waals surface area contributed by atoms with Gasteiger partial charge in [-0.1, -0.05) is 84.5 Å². The summed E-state index contributed by atoms with van der Waals surface area (Å²) in [5.74, 6) is 0.582. The molecule has 1 aromatic heterocycles. The molecular weight excluding hydrogens is 548 g/mol. The van der Waals surface area contributed by atoms with Gasteiger partial charge in [-0.3, -0.25) is 9.36 Å². The van der Waals surface area contributed by atoms with Gasteiger partial charge in [0.2, 0.25) is 0 Å². The topological polar surface area (TPSA) is 79.1 Å². The molecule has 3 aromatic carbocycles. The number of hydrogen-bond donors (Lipinski definition) is 0. The number of allylic oxidation sites excluding steroid dienone is 1. The number of hydrogen-bond acceptors (Lipinski definition) is 7. The predicted octanol–water partition coefficient (Wildman–Crippen LogP) is 5.04. The fraction of sp³-hybridized carbons (Fsp3) is 0.194. The standard InChI is InChI=1S/C31H27ClN2O5S/c1-4-23-27(30(36)38-3)28(20-10-6-5-7-11-20)34-29(35)26(40-31(34)33-23)17-19-14-15-24(25(16-19)37-2)39-18-21-12-8-9-13-22(21)32/h5-17,28H,4,18H2,1-3H3/b26-17-/t28-/m0/s1. The van der Waals surface area contributed by atoms with Crippen LogP contribution in [0.1, 0.15) is 36.1 Å². The van der Waals surface area contributed by atoms with Gasteiger partial charge in [-0.15, -0.1) is 0 Å². The van der Waals surface area contributed by atoms with Crippen molar-refractivity contribution < 1.29 is 19.0 Å². The summed E-state index contributed by atoms with van der Waals surface area (Å²) in [4.78, 5) is 32.0. The smallest absolute Gasteiger partial charge is 0.338 e. The zero-order chi connectivity index (χ0) is 28.2. The first-order valence-electron chi connectivity index (χ1n) is 12.7. The lowest BCUT2D eigenvalue weighted by atomic mass is 9.95. The highest BCUT2D eigenvalue weighted by Gasteiger charge is 2.33. The van der Waals surface area contributed by atoms with Crippen molar-refractivity contribution in [3.8, 4) is 11.5 Å². The summed E-state index contributed by atoms with van der Waals surface area (Å²) < 4.78 is 18.7. The van der Waals surface area contributed by atoms with Crippen LogP contribution in [0.25, 0.3) is 6.08 Å². The number of nitrogens with zero attached hydrogens (tertiary/aromatic N) is 2. The van der Waals surface area contributed by atoms with Crippen molar-refractivity contribution in [2.75, 3.05) is 14.2 Å². The third-order valence-corrected chi connectivity index (χ3v) is 7.94. The van der Waals surface area contributed by atoms with Gasteiger partial charge < -0.3 is 14.2 Å². The molecule has 0 radical (unpaired) electrons. The van der Waals surface area contributed by atoms with Crippen molar-refractivity contribution in [2.45, 2.75) is 26.0 Å². The first-order chi connectivity index (χ1) is 19.4. The SMILES string of the molecule is CCC1=C(C(=O)OC)[C@H](c2ccccc2)n2c(s/c(=C\c3ccc(OCc4ccccc4Cl)c(OC)c3)c2=O)=N1. The van der Waals surface area contributed by atoms with E-state index < -0.39 is 12.0 Å². The summed E-state index contributed by atoms with van der Waals surface area (Å²) in [5.41, 5.74) is 3.16. The van der Waals surface area contributed by atoms with Crippen LogP contribution in [0.5, 0.6) is 11.5 Å².